The highest BCUT2D eigenvalue weighted by atomic mass is 32.2. The zero-order valence-corrected chi connectivity index (χ0v) is 16.9. The predicted octanol–water partition coefficient (Wildman–Crippen LogP) is 1.82. The fraction of sp³-hybridized carbons (Fsp3) is 0.526. The summed E-state index contributed by atoms with van der Waals surface area (Å²) in [4.78, 5) is 16.5. The number of nitrogens with zero attached hydrogens (tertiary/aromatic N) is 3. The summed E-state index contributed by atoms with van der Waals surface area (Å²) in [5.74, 6) is -0.360. The molecule has 2 aromatic rings. The van der Waals surface area contributed by atoms with Gasteiger partial charge in [0.2, 0.25) is 15.8 Å². The third-order valence-corrected chi connectivity index (χ3v) is 7.11. The number of aromatic nitrogens is 2. The van der Waals surface area contributed by atoms with Gasteiger partial charge in [0.25, 0.3) is 0 Å². The average Bonchev–Trinajstić information content (AvgIpc) is 3.45. The maximum absolute atomic E-state index is 12.7. The van der Waals surface area contributed by atoms with Crippen LogP contribution < -0.4 is 5.32 Å². The number of benzene rings is 1. The van der Waals surface area contributed by atoms with Crippen molar-refractivity contribution in [1.82, 2.24) is 19.8 Å². The number of nitrogens with one attached hydrogen (secondary N) is 1. The van der Waals surface area contributed by atoms with E-state index in [9.17, 15) is 13.2 Å². The molecule has 3 heterocycles. The van der Waals surface area contributed by atoms with E-state index < -0.39 is 15.9 Å². The van der Waals surface area contributed by atoms with Gasteiger partial charge < -0.3 is 14.6 Å². The Morgan fingerprint density at radius 1 is 1.14 bits per heavy atom. The van der Waals surface area contributed by atoms with Crippen LogP contribution in [0.5, 0.6) is 0 Å². The lowest BCUT2D eigenvalue weighted by Crippen LogP contribution is -2.35. The van der Waals surface area contributed by atoms with Crippen molar-refractivity contribution in [2.75, 3.05) is 26.2 Å². The van der Waals surface area contributed by atoms with Gasteiger partial charge in [0.1, 0.15) is 0 Å². The summed E-state index contributed by atoms with van der Waals surface area (Å²) in [5.41, 5.74) is 0.574. The number of sulfonamides is 1. The van der Waals surface area contributed by atoms with Gasteiger partial charge >= 0.3 is 11.8 Å². The molecule has 0 radical (unpaired) electrons. The highest BCUT2D eigenvalue weighted by molar-refractivity contribution is 7.89. The fourth-order valence-corrected chi connectivity index (χ4v) is 5.07. The Balaban J connectivity index is 1.42. The van der Waals surface area contributed by atoms with Crippen LogP contribution in [0.25, 0.3) is 11.4 Å². The molecule has 0 spiro atoms. The van der Waals surface area contributed by atoms with Crippen LogP contribution in [-0.2, 0) is 14.8 Å². The third kappa shape index (κ3) is 4.49. The van der Waals surface area contributed by atoms with Gasteiger partial charge in [-0.2, -0.15) is 9.29 Å². The first-order valence-electron chi connectivity index (χ1n) is 9.88. The molecule has 1 atom stereocenters. The van der Waals surface area contributed by atoms with Gasteiger partial charge in [0, 0.05) is 31.8 Å². The van der Waals surface area contributed by atoms with Crippen LogP contribution in [0.1, 0.15) is 42.8 Å². The zero-order chi connectivity index (χ0) is 20.3. The Kier molecular flexibility index (Phi) is 5.93. The van der Waals surface area contributed by atoms with E-state index in [0.717, 1.165) is 32.1 Å². The second-order valence-corrected chi connectivity index (χ2v) is 9.20. The number of carbonyl (C=O) groups excluding carboxylic acids is 1. The van der Waals surface area contributed by atoms with E-state index in [0.29, 0.717) is 31.8 Å². The van der Waals surface area contributed by atoms with Crippen LogP contribution in [0.3, 0.4) is 0 Å². The smallest absolute Gasteiger partial charge is 0.316 e. The Bertz CT molecular complexity index is 945. The van der Waals surface area contributed by atoms with Crippen molar-refractivity contribution in [1.29, 1.82) is 0 Å². The molecule has 0 saturated carbocycles. The van der Waals surface area contributed by atoms with Gasteiger partial charge in [-0.15, -0.1) is 0 Å². The van der Waals surface area contributed by atoms with E-state index in [2.05, 4.69) is 15.5 Å². The lowest BCUT2D eigenvalue weighted by Gasteiger charge is -2.25. The summed E-state index contributed by atoms with van der Waals surface area (Å²) < 4.78 is 37.5. The molecule has 1 aromatic carbocycles. The van der Waals surface area contributed by atoms with Crippen molar-refractivity contribution < 1.29 is 22.5 Å². The topological polar surface area (TPSA) is 115 Å². The van der Waals surface area contributed by atoms with Crippen LogP contribution in [0.15, 0.2) is 33.7 Å². The maximum atomic E-state index is 12.7. The van der Waals surface area contributed by atoms with Gasteiger partial charge in [0.15, 0.2) is 0 Å². The van der Waals surface area contributed by atoms with Crippen molar-refractivity contribution >= 4 is 15.9 Å². The summed E-state index contributed by atoms with van der Waals surface area (Å²) in [6.45, 7) is 2.23. The van der Waals surface area contributed by atoms with Gasteiger partial charge in [-0.3, -0.25) is 4.79 Å². The number of hydrogen-bond acceptors (Lipinski definition) is 7. The van der Waals surface area contributed by atoms with Crippen molar-refractivity contribution in [2.45, 2.75) is 43.1 Å². The van der Waals surface area contributed by atoms with Crippen molar-refractivity contribution in [3.63, 3.8) is 0 Å². The van der Waals surface area contributed by atoms with Crippen LogP contribution in [-0.4, -0.2) is 61.1 Å². The number of amides is 1. The number of ether oxygens (including phenoxy) is 1. The van der Waals surface area contributed by atoms with Gasteiger partial charge in [-0.1, -0.05) is 11.6 Å². The summed E-state index contributed by atoms with van der Waals surface area (Å²) >= 11 is 0. The highest BCUT2D eigenvalue weighted by Gasteiger charge is 2.26. The van der Waals surface area contributed by atoms with Gasteiger partial charge in [-0.05, 0) is 49.9 Å². The Labute approximate surface area is 169 Å². The average molecular weight is 420 g/mol. The normalized spacial score (nSPS) is 20.6. The van der Waals surface area contributed by atoms with E-state index in [1.165, 1.54) is 16.4 Å². The van der Waals surface area contributed by atoms with Crippen molar-refractivity contribution in [3.05, 3.63) is 30.2 Å². The molecule has 1 amide bonds. The molecule has 2 aliphatic rings. The summed E-state index contributed by atoms with van der Waals surface area (Å²) in [6, 6.07) is 6.31. The number of rotatable bonds is 6. The number of piperidine rings is 1. The van der Waals surface area contributed by atoms with Crippen LogP contribution >= 0.6 is 0 Å². The minimum absolute atomic E-state index is 0.0238. The molecule has 29 heavy (non-hydrogen) atoms. The molecule has 4 rings (SSSR count). The monoisotopic (exact) mass is 420 g/mol. The zero-order valence-electron chi connectivity index (χ0n) is 16.0. The molecule has 2 aliphatic heterocycles. The minimum atomic E-state index is -3.49. The maximum Gasteiger partial charge on any atom is 0.316 e. The Morgan fingerprint density at radius 2 is 1.90 bits per heavy atom. The summed E-state index contributed by atoms with van der Waals surface area (Å²) in [5, 5.41) is 6.56. The number of hydrogen-bond donors (Lipinski definition) is 1. The molecule has 0 aliphatic carbocycles. The van der Waals surface area contributed by atoms with E-state index >= 15 is 0 Å². The fourth-order valence-electron chi connectivity index (χ4n) is 3.55. The highest BCUT2D eigenvalue weighted by Crippen LogP contribution is 2.23. The molecule has 2 fully saturated rings. The molecule has 0 unspecified atom stereocenters. The molecule has 9 nitrogen and oxygen atoms in total. The Morgan fingerprint density at radius 3 is 2.59 bits per heavy atom. The second-order valence-electron chi connectivity index (χ2n) is 7.26. The van der Waals surface area contributed by atoms with Crippen molar-refractivity contribution in [2.24, 2.45) is 0 Å². The molecule has 156 valence electrons. The van der Waals surface area contributed by atoms with Crippen LogP contribution in [0, 0.1) is 0 Å². The summed E-state index contributed by atoms with van der Waals surface area (Å²) in [6.07, 6.45) is 4.77. The molecule has 10 heteroatoms. The number of carbonyl (C=O) groups is 1. The standard InChI is InChI=1S/C19H24N4O5S/c24-18(20-13-15-5-4-12-27-15)19-21-17(22-28-19)14-6-8-16(9-7-14)29(25,26)23-10-2-1-3-11-23/h6-9,15H,1-5,10-13H2,(H,20,24)/t15-/m0/s1. The first kappa shape index (κ1) is 20.0. The molecular weight excluding hydrogens is 396 g/mol. The molecule has 2 saturated heterocycles. The largest absolute Gasteiger partial charge is 0.376 e. The Hall–Kier alpha value is -2.30. The van der Waals surface area contributed by atoms with Crippen molar-refractivity contribution in [3.8, 4) is 11.4 Å². The van der Waals surface area contributed by atoms with E-state index in [1.807, 2.05) is 0 Å². The SMILES string of the molecule is O=C(NC[C@@H]1CCCO1)c1nc(-c2ccc(S(=O)(=O)N3CCCCC3)cc2)no1. The van der Waals surface area contributed by atoms with Crippen LogP contribution in [0.2, 0.25) is 0 Å². The molecule has 1 N–H and O–H groups in total. The van der Waals surface area contributed by atoms with E-state index in [4.69, 9.17) is 9.26 Å². The minimum Gasteiger partial charge on any atom is -0.376 e. The second kappa shape index (κ2) is 8.60. The van der Waals surface area contributed by atoms with Crippen LogP contribution in [0.4, 0.5) is 0 Å². The lowest BCUT2D eigenvalue weighted by molar-refractivity contribution is 0.0822. The lowest BCUT2D eigenvalue weighted by atomic mass is 10.2. The first-order chi connectivity index (χ1) is 14.0. The van der Waals surface area contributed by atoms with Gasteiger partial charge in [0.05, 0.1) is 11.0 Å². The molecule has 1 aromatic heterocycles. The quantitative estimate of drug-likeness (QED) is 0.758. The first-order valence-corrected chi connectivity index (χ1v) is 11.3. The van der Waals surface area contributed by atoms with Gasteiger partial charge in [-0.25, -0.2) is 8.42 Å². The molecular formula is C19H24N4O5S. The van der Waals surface area contributed by atoms with E-state index in [1.54, 1.807) is 12.1 Å². The summed E-state index contributed by atoms with van der Waals surface area (Å²) in [7, 11) is -3.49. The predicted molar refractivity (Wildman–Crippen MR) is 104 cm³/mol. The molecule has 0 bridgehead atoms. The third-order valence-electron chi connectivity index (χ3n) is 5.20. The van der Waals surface area contributed by atoms with E-state index in [-0.39, 0.29) is 22.7 Å².